The number of halogens is 3. The molecule has 0 bridgehead atoms. The molecule has 1 heterocycles. The summed E-state index contributed by atoms with van der Waals surface area (Å²) in [5.41, 5.74) is -1.80. The van der Waals surface area contributed by atoms with Gasteiger partial charge in [0.05, 0.1) is 33.5 Å². The summed E-state index contributed by atoms with van der Waals surface area (Å²) < 4.78 is 50.2. The van der Waals surface area contributed by atoms with Crippen molar-refractivity contribution in [1.29, 1.82) is 0 Å². The molecular formula is C26H18F3N3O8S. The number of carbonyl (C=O) groups excluding carboxylic acids is 2. The van der Waals surface area contributed by atoms with E-state index in [1.165, 1.54) is 42.5 Å². The molecule has 1 aliphatic rings. The largest absolute Gasteiger partial charge is 0.490 e. The highest BCUT2D eigenvalue weighted by molar-refractivity contribution is 8.18. The third-order valence-corrected chi connectivity index (χ3v) is 6.57. The zero-order chi connectivity index (χ0) is 29.9. The molecule has 1 fully saturated rings. The lowest BCUT2D eigenvalue weighted by Gasteiger charge is -2.14. The van der Waals surface area contributed by atoms with Crippen molar-refractivity contribution in [3.8, 4) is 17.2 Å². The fraction of sp³-hybridized carbons (Fsp3) is 0.154. The van der Waals surface area contributed by atoms with Gasteiger partial charge in [-0.05, 0) is 54.6 Å². The van der Waals surface area contributed by atoms with Crippen molar-refractivity contribution < 1.29 is 42.1 Å². The summed E-state index contributed by atoms with van der Waals surface area (Å²) in [5.74, 6) is -1.10. The second-order valence-corrected chi connectivity index (χ2v) is 9.33. The van der Waals surface area contributed by atoms with Crippen LogP contribution in [-0.4, -0.2) is 32.5 Å². The minimum atomic E-state index is -4.79. The van der Waals surface area contributed by atoms with E-state index in [-0.39, 0.29) is 40.8 Å². The molecule has 11 nitrogen and oxygen atoms in total. The zero-order valence-corrected chi connectivity index (χ0v) is 21.7. The maximum atomic E-state index is 13.0. The van der Waals surface area contributed by atoms with Crippen LogP contribution >= 0.6 is 11.8 Å². The Morgan fingerprint density at radius 3 is 2.27 bits per heavy atom. The summed E-state index contributed by atoms with van der Waals surface area (Å²) >= 11 is 0.634. The third kappa shape index (κ3) is 6.46. The Balaban J connectivity index is 1.61. The van der Waals surface area contributed by atoms with E-state index >= 15 is 0 Å². The molecule has 2 amide bonds. The minimum Gasteiger partial charge on any atom is -0.490 e. The Labute approximate surface area is 233 Å². The number of benzene rings is 3. The Morgan fingerprint density at radius 2 is 1.61 bits per heavy atom. The second-order valence-electron chi connectivity index (χ2n) is 8.33. The molecule has 3 aromatic rings. The van der Waals surface area contributed by atoms with E-state index in [1.54, 1.807) is 13.0 Å². The normalized spacial score (nSPS) is 14.4. The van der Waals surface area contributed by atoms with E-state index < -0.39 is 44.2 Å². The maximum absolute atomic E-state index is 13.0. The van der Waals surface area contributed by atoms with Crippen molar-refractivity contribution in [2.24, 2.45) is 0 Å². The van der Waals surface area contributed by atoms with Crippen molar-refractivity contribution in [3.63, 3.8) is 0 Å². The summed E-state index contributed by atoms with van der Waals surface area (Å²) in [6.45, 7) is 1.47. The molecule has 0 saturated carbocycles. The number of alkyl halides is 3. The number of thioether (sulfide) groups is 1. The molecule has 0 spiro atoms. The fourth-order valence-corrected chi connectivity index (χ4v) is 4.63. The lowest BCUT2D eigenvalue weighted by atomic mass is 10.1. The number of imide groups is 1. The summed E-state index contributed by atoms with van der Waals surface area (Å²) in [6, 6.07) is 11.8. The van der Waals surface area contributed by atoms with Crippen molar-refractivity contribution in [2.45, 2.75) is 19.6 Å². The van der Waals surface area contributed by atoms with E-state index in [0.29, 0.717) is 29.5 Å². The van der Waals surface area contributed by atoms with Crippen LogP contribution in [0.2, 0.25) is 0 Å². The number of carbonyl (C=O) groups is 2. The van der Waals surface area contributed by atoms with Gasteiger partial charge >= 0.3 is 11.9 Å². The topological polar surface area (TPSA) is 142 Å². The van der Waals surface area contributed by atoms with Crippen LogP contribution in [0.3, 0.4) is 0 Å². The first-order valence-electron chi connectivity index (χ1n) is 11.7. The molecular weight excluding hydrogens is 571 g/mol. The third-order valence-electron chi connectivity index (χ3n) is 5.66. The number of ether oxygens (including phenoxy) is 2. The van der Waals surface area contributed by atoms with Gasteiger partial charge in [0.25, 0.3) is 16.8 Å². The monoisotopic (exact) mass is 589 g/mol. The van der Waals surface area contributed by atoms with Gasteiger partial charge in [-0.2, -0.15) is 13.2 Å². The lowest BCUT2D eigenvalue weighted by Crippen LogP contribution is -2.27. The number of amides is 2. The fourth-order valence-electron chi connectivity index (χ4n) is 3.79. The Hall–Kier alpha value is -4.92. The lowest BCUT2D eigenvalue weighted by molar-refractivity contribution is -0.385. The molecule has 0 radical (unpaired) electrons. The van der Waals surface area contributed by atoms with Gasteiger partial charge < -0.3 is 9.47 Å². The van der Waals surface area contributed by atoms with Crippen molar-refractivity contribution >= 4 is 40.4 Å². The highest BCUT2D eigenvalue weighted by Gasteiger charge is 2.36. The standard InChI is InChI=1S/C26H18F3N3O8S/c1-2-39-22-11-15(7-9-21(22)40-20-10-8-17(26(27,28)29)13-19(20)32(37)38)12-23-24(33)30(25(34)41-23)14-16-5-3-4-6-18(16)31(35)36/h3-13H,2,14H2,1H3/b23-12+. The van der Waals surface area contributed by atoms with Crippen LogP contribution in [0.15, 0.2) is 65.6 Å². The van der Waals surface area contributed by atoms with Crippen molar-refractivity contribution in [2.75, 3.05) is 6.61 Å². The van der Waals surface area contributed by atoms with Gasteiger partial charge in [0.1, 0.15) is 0 Å². The average Bonchev–Trinajstić information content (AvgIpc) is 3.17. The van der Waals surface area contributed by atoms with Gasteiger partial charge in [0, 0.05) is 17.7 Å². The zero-order valence-electron chi connectivity index (χ0n) is 20.9. The predicted molar refractivity (Wildman–Crippen MR) is 140 cm³/mol. The molecule has 0 aliphatic carbocycles. The molecule has 0 N–H and O–H groups in total. The van der Waals surface area contributed by atoms with Gasteiger partial charge in [0.2, 0.25) is 5.75 Å². The van der Waals surface area contributed by atoms with E-state index in [2.05, 4.69) is 0 Å². The average molecular weight is 590 g/mol. The Morgan fingerprint density at radius 1 is 0.927 bits per heavy atom. The molecule has 15 heteroatoms. The first kappa shape index (κ1) is 29.1. The number of hydrogen-bond acceptors (Lipinski definition) is 9. The smallest absolute Gasteiger partial charge is 0.416 e. The van der Waals surface area contributed by atoms with Gasteiger partial charge in [-0.1, -0.05) is 24.3 Å². The summed E-state index contributed by atoms with van der Waals surface area (Å²) in [6.07, 6.45) is -3.41. The number of para-hydroxylation sites is 1. The second kappa shape index (κ2) is 11.7. The van der Waals surface area contributed by atoms with E-state index in [0.717, 1.165) is 11.0 Å². The minimum absolute atomic E-state index is 0.0306. The maximum Gasteiger partial charge on any atom is 0.416 e. The number of nitro groups is 2. The van der Waals surface area contributed by atoms with E-state index in [9.17, 15) is 43.0 Å². The van der Waals surface area contributed by atoms with Crippen LogP contribution < -0.4 is 9.47 Å². The molecule has 0 unspecified atom stereocenters. The summed E-state index contributed by atoms with van der Waals surface area (Å²) in [5, 5.41) is 22.1. The number of hydrogen-bond donors (Lipinski definition) is 0. The summed E-state index contributed by atoms with van der Waals surface area (Å²) in [4.78, 5) is 47.5. The van der Waals surface area contributed by atoms with Crippen molar-refractivity contribution in [3.05, 3.63) is 102 Å². The van der Waals surface area contributed by atoms with E-state index in [1.807, 2.05) is 0 Å². The van der Waals surface area contributed by atoms with Gasteiger partial charge in [-0.25, -0.2) is 0 Å². The number of nitro benzene ring substituents is 2. The SMILES string of the molecule is CCOc1cc(/C=C2/SC(=O)N(Cc3ccccc3[N+](=O)[O-])C2=O)ccc1Oc1ccc(C(F)(F)F)cc1[N+](=O)[O-]. The number of nitrogens with zero attached hydrogens (tertiary/aromatic N) is 3. The van der Waals surface area contributed by atoms with Crippen molar-refractivity contribution in [1.82, 2.24) is 4.90 Å². The van der Waals surface area contributed by atoms with Gasteiger partial charge in [-0.3, -0.25) is 34.7 Å². The Bertz CT molecular complexity index is 1590. The van der Waals surface area contributed by atoms with Crippen LogP contribution in [0.4, 0.5) is 29.3 Å². The highest BCUT2D eigenvalue weighted by atomic mass is 32.2. The highest BCUT2D eigenvalue weighted by Crippen LogP contribution is 2.41. The first-order chi connectivity index (χ1) is 19.4. The van der Waals surface area contributed by atoms with Crippen LogP contribution in [0, 0.1) is 20.2 Å². The summed E-state index contributed by atoms with van der Waals surface area (Å²) in [7, 11) is 0. The predicted octanol–water partition coefficient (Wildman–Crippen LogP) is 6.95. The molecule has 0 atom stereocenters. The molecule has 41 heavy (non-hydrogen) atoms. The van der Waals surface area contributed by atoms with Crippen LogP contribution in [0.5, 0.6) is 17.2 Å². The van der Waals surface area contributed by atoms with Gasteiger partial charge in [-0.15, -0.1) is 0 Å². The van der Waals surface area contributed by atoms with Gasteiger partial charge in [0.15, 0.2) is 11.5 Å². The van der Waals surface area contributed by atoms with Crippen LogP contribution in [0.1, 0.15) is 23.6 Å². The molecule has 4 rings (SSSR count). The Kier molecular flexibility index (Phi) is 8.28. The quantitative estimate of drug-likeness (QED) is 0.147. The molecule has 0 aromatic heterocycles. The molecule has 1 saturated heterocycles. The molecule has 3 aromatic carbocycles. The number of rotatable bonds is 9. The van der Waals surface area contributed by atoms with E-state index in [4.69, 9.17) is 9.47 Å². The van der Waals surface area contributed by atoms with Crippen LogP contribution in [0.25, 0.3) is 6.08 Å². The first-order valence-corrected chi connectivity index (χ1v) is 12.5. The molecule has 212 valence electrons. The van der Waals surface area contributed by atoms with Crippen LogP contribution in [-0.2, 0) is 17.5 Å². The molecule has 1 aliphatic heterocycles.